The summed E-state index contributed by atoms with van der Waals surface area (Å²) in [6.45, 7) is 3.89. The van der Waals surface area contributed by atoms with Gasteiger partial charge in [0.25, 0.3) is 0 Å². The number of hydrogen-bond acceptors (Lipinski definition) is 5. The van der Waals surface area contributed by atoms with Gasteiger partial charge in [0.15, 0.2) is 0 Å². The summed E-state index contributed by atoms with van der Waals surface area (Å²) < 4.78 is 0. The molecule has 0 atom stereocenters. The molecule has 0 fully saturated rings. The van der Waals surface area contributed by atoms with Crippen LogP contribution >= 0.6 is 0 Å². The van der Waals surface area contributed by atoms with E-state index in [1.165, 1.54) is 17.3 Å². The van der Waals surface area contributed by atoms with E-state index in [1.807, 2.05) is 19.1 Å². The van der Waals surface area contributed by atoms with Crippen LogP contribution < -0.4 is 16.4 Å². The first-order valence-corrected chi connectivity index (χ1v) is 8.84. The summed E-state index contributed by atoms with van der Waals surface area (Å²) in [7, 11) is 0. The summed E-state index contributed by atoms with van der Waals surface area (Å²) in [6.07, 6.45) is 5.35. The van der Waals surface area contributed by atoms with Gasteiger partial charge in [0.1, 0.15) is 5.75 Å². The number of carbonyl (C=O) groups is 1. The van der Waals surface area contributed by atoms with Crippen LogP contribution in [0.1, 0.15) is 22.3 Å². The molecule has 1 amide bonds. The Kier molecular flexibility index (Phi) is 7.58. The van der Waals surface area contributed by atoms with E-state index in [-0.39, 0.29) is 5.75 Å². The summed E-state index contributed by atoms with van der Waals surface area (Å²) >= 11 is 0. The quantitative estimate of drug-likeness (QED) is 0.423. The smallest absolute Gasteiger partial charge is 0.211 e. The number of nitrogens with two attached hydrogens (primary N) is 1. The predicted molar refractivity (Wildman–Crippen MR) is 110 cm³/mol. The van der Waals surface area contributed by atoms with Crippen molar-refractivity contribution in [1.29, 1.82) is 5.41 Å². The second-order valence-corrected chi connectivity index (χ2v) is 6.26. The van der Waals surface area contributed by atoms with Gasteiger partial charge in [0, 0.05) is 23.7 Å². The molecular formula is C21H26N4O2. The molecule has 6 N–H and O–H groups in total. The Labute approximate surface area is 159 Å². The molecule has 0 spiro atoms. The topological polar surface area (TPSA) is 111 Å². The minimum atomic E-state index is 0.221. The highest BCUT2D eigenvalue weighted by Crippen LogP contribution is 2.21. The molecular weight excluding hydrogens is 340 g/mol. The minimum absolute atomic E-state index is 0.221. The standard InChI is InChI=1S/C11H14N2O.C10H12N2O/c14-8-13-11-2-1-9-3-5-12-6-4-10(9)7-11;1-7-2-3-8(4-10(7)13)9(5-11)6-12/h1-2,7-8,12H,3-6H2,(H,13,14);2-6,11,13H,12H2,1H3/b;9-6+,11-5?. The van der Waals surface area contributed by atoms with E-state index in [0.717, 1.165) is 55.4 Å². The number of rotatable bonds is 4. The molecule has 142 valence electrons. The van der Waals surface area contributed by atoms with Crippen molar-refractivity contribution in [2.75, 3.05) is 18.4 Å². The minimum Gasteiger partial charge on any atom is -0.508 e. The molecule has 0 aliphatic carbocycles. The van der Waals surface area contributed by atoms with Crippen LogP contribution in [0.4, 0.5) is 5.69 Å². The molecule has 0 bridgehead atoms. The van der Waals surface area contributed by atoms with Gasteiger partial charge >= 0.3 is 0 Å². The molecule has 6 heteroatoms. The fraction of sp³-hybridized carbons (Fsp3) is 0.238. The molecule has 0 saturated heterocycles. The first-order chi connectivity index (χ1) is 13.1. The lowest BCUT2D eigenvalue weighted by atomic mass is 10.0. The van der Waals surface area contributed by atoms with E-state index in [9.17, 15) is 9.90 Å². The molecule has 0 radical (unpaired) electrons. The summed E-state index contributed by atoms with van der Waals surface area (Å²) in [5, 5.41) is 22.5. The highest BCUT2D eigenvalue weighted by Gasteiger charge is 2.07. The number of phenolic OH excluding ortho intramolecular Hbond substituents is 1. The van der Waals surface area contributed by atoms with Crippen LogP contribution in [0, 0.1) is 12.3 Å². The van der Waals surface area contributed by atoms with Crippen molar-refractivity contribution >= 4 is 23.9 Å². The third kappa shape index (κ3) is 5.69. The lowest BCUT2D eigenvalue weighted by Crippen LogP contribution is -2.16. The molecule has 0 unspecified atom stereocenters. The zero-order chi connectivity index (χ0) is 19.6. The number of phenols is 1. The normalized spacial score (nSPS) is 13.4. The Balaban J connectivity index is 0.000000194. The van der Waals surface area contributed by atoms with Crippen molar-refractivity contribution in [1.82, 2.24) is 5.32 Å². The van der Waals surface area contributed by atoms with Crippen molar-refractivity contribution in [3.05, 3.63) is 64.9 Å². The van der Waals surface area contributed by atoms with Crippen LogP contribution in [0.15, 0.2) is 42.6 Å². The molecule has 2 aromatic carbocycles. The number of fused-ring (bicyclic) bond motifs is 1. The van der Waals surface area contributed by atoms with Crippen molar-refractivity contribution in [3.8, 4) is 5.75 Å². The molecule has 1 aliphatic rings. The number of amides is 1. The summed E-state index contributed by atoms with van der Waals surface area (Å²) in [5.74, 6) is 0.221. The van der Waals surface area contributed by atoms with Gasteiger partial charge in [-0.05, 0) is 73.3 Å². The fourth-order valence-corrected chi connectivity index (χ4v) is 2.85. The molecule has 2 aromatic rings. The van der Waals surface area contributed by atoms with Crippen molar-refractivity contribution in [2.24, 2.45) is 5.73 Å². The van der Waals surface area contributed by atoms with Crippen LogP contribution in [0.2, 0.25) is 0 Å². The summed E-state index contributed by atoms with van der Waals surface area (Å²) in [5.41, 5.74) is 11.1. The van der Waals surface area contributed by atoms with Gasteiger partial charge < -0.3 is 26.9 Å². The maximum absolute atomic E-state index is 10.3. The maximum Gasteiger partial charge on any atom is 0.211 e. The number of nitrogens with one attached hydrogen (secondary N) is 3. The zero-order valence-corrected chi connectivity index (χ0v) is 15.5. The summed E-state index contributed by atoms with van der Waals surface area (Å²) in [4.78, 5) is 10.3. The third-order valence-electron chi connectivity index (χ3n) is 4.45. The SMILES string of the molecule is Cc1ccc(/C(C=N)=C/N)cc1O.O=CNc1ccc2c(c1)CCNCC2. The van der Waals surface area contributed by atoms with E-state index < -0.39 is 0 Å². The van der Waals surface area contributed by atoms with E-state index in [0.29, 0.717) is 5.57 Å². The summed E-state index contributed by atoms with van der Waals surface area (Å²) in [6, 6.07) is 11.3. The number of benzene rings is 2. The first-order valence-electron chi connectivity index (χ1n) is 8.84. The van der Waals surface area contributed by atoms with Gasteiger partial charge in [-0.1, -0.05) is 18.2 Å². The highest BCUT2D eigenvalue weighted by molar-refractivity contribution is 6.08. The maximum atomic E-state index is 10.3. The van der Waals surface area contributed by atoms with Crippen molar-refractivity contribution in [2.45, 2.75) is 19.8 Å². The average Bonchev–Trinajstić information content (AvgIpc) is 2.91. The van der Waals surface area contributed by atoms with Gasteiger partial charge in [-0.25, -0.2) is 0 Å². The van der Waals surface area contributed by atoms with Gasteiger partial charge in [0.05, 0.1) is 0 Å². The van der Waals surface area contributed by atoms with Crippen LogP contribution in [0.5, 0.6) is 5.75 Å². The van der Waals surface area contributed by atoms with Crippen LogP contribution in [-0.4, -0.2) is 30.8 Å². The van der Waals surface area contributed by atoms with Crippen LogP contribution in [0.3, 0.4) is 0 Å². The van der Waals surface area contributed by atoms with E-state index in [4.69, 9.17) is 11.1 Å². The Morgan fingerprint density at radius 2 is 1.93 bits per heavy atom. The molecule has 3 rings (SSSR count). The molecule has 0 saturated carbocycles. The second kappa shape index (κ2) is 10.1. The van der Waals surface area contributed by atoms with E-state index in [1.54, 1.807) is 12.1 Å². The lowest BCUT2D eigenvalue weighted by Gasteiger charge is -2.07. The molecule has 1 aliphatic heterocycles. The van der Waals surface area contributed by atoms with Gasteiger partial charge in [-0.3, -0.25) is 4.79 Å². The molecule has 6 nitrogen and oxygen atoms in total. The molecule has 0 aromatic heterocycles. The van der Waals surface area contributed by atoms with Crippen LogP contribution in [0.25, 0.3) is 5.57 Å². The monoisotopic (exact) mass is 366 g/mol. The van der Waals surface area contributed by atoms with Crippen molar-refractivity contribution in [3.63, 3.8) is 0 Å². The Hall–Kier alpha value is -3.12. The second-order valence-electron chi connectivity index (χ2n) is 6.26. The molecule has 1 heterocycles. The zero-order valence-electron chi connectivity index (χ0n) is 15.5. The number of carbonyl (C=O) groups excluding carboxylic acids is 1. The number of aromatic hydroxyl groups is 1. The Morgan fingerprint density at radius 3 is 2.56 bits per heavy atom. The Bertz CT molecular complexity index is 831. The number of anilines is 1. The predicted octanol–water partition coefficient (Wildman–Crippen LogP) is 2.59. The number of aryl methyl sites for hydroxylation is 1. The Morgan fingerprint density at radius 1 is 1.19 bits per heavy atom. The number of allylic oxidation sites excluding steroid dienone is 1. The van der Waals surface area contributed by atoms with Gasteiger partial charge in [-0.15, -0.1) is 0 Å². The third-order valence-corrected chi connectivity index (χ3v) is 4.45. The lowest BCUT2D eigenvalue weighted by molar-refractivity contribution is -0.105. The fourth-order valence-electron chi connectivity index (χ4n) is 2.85. The van der Waals surface area contributed by atoms with E-state index in [2.05, 4.69) is 22.8 Å². The van der Waals surface area contributed by atoms with E-state index >= 15 is 0 Å². The highest BCUT2D eigenvalue weighted by atomic mass is 16.3. The van der Waals surface area contributed by atoms with Gasteiger partial charge in [0.2, 0.25) is 6.41 Å². The molecule has 27 heavy (non-hydrogen) atoms. The van der Waals surface area contributed by atoms with Gasteiger partial charge in [-0.2, -0.15) is 0 Å². The first kappa shape index (κ1) is 20.2. The number of hydrogen-bond donors (Lipinski definition) is 5. The average molecular weight is 366 g/mol. The van der Waals surface area contributed by atoms with Crippen molar-refractivity contribution < 1.29 is 9.90 Å². The van der Waals surface area contributed by atoms with Crippen LogP contribution in [-0.2, 0) is 17.6 Å². The largest absolute Gasteiger partial charge is 0.508 e.